The largest absolute Gasteiger partial charge is 0.462 e. The molecule has 0 aromatic heterocycles. The molecule has 0 bridgehead atoms. The first-order chi connectivity index (χ1) is 29.5. The molecule has 0 saturated carbocycles. The van der Waals surface area contributed by atoms with E-state index in [0.29, 0.717) is 19.3 Å². The van der Waals surface area contributed by atoms with E-state index in [4.69, 9.17) is 4.74 Å². The van der Waals surface area contributed by atoms with Gasteiger partial charge in [-0.3, -0.25) is 9.59 Å². The Balaban J connectivity index is 4.53. The van der Waals surface area contributed by atoms with Crippen molar-refractivity contribution in [2.75, 3.05) is 6.61 Å². The van der Waals surface area contributed by atoms with E-state index >= 15 is 0 Å². The molecule has 0 spiro atoms. The van der Waals surface area contributed by atoms with Crippen LogP contribution in [0.4, 0.5) is 0 Å². The molecule has 6 heteroatoms. The second-order valence-corrected chi connectivity index (χ2v) is 18.0. The zero-order valence-corrected chi connectivity index (χ0v) is 40.1. The Morgan fingerprint density at radius 1 is 0.500 bits per heavy atom. The van der Waals surface area contributed by atoms with Crippen LogP contribution in [-0.4, -0.2) is 46.9 Å². The summed E-state index contributed by atoms with van der Waals surface area (Å²) in [5, 5.41) is 23.8. The van der Waals surface area contributed by atoms with Gasteiger partial charge in [0, 0.05) is 6.42 Å². The Hall–Kier alpha value is -1.92. The van der Waals surface area contributed by atoms with Crippen LogP contribution in [0.25, 0.3) is 0 Å². The SMILES string of the molecule is CC/C=C/C=C/C=C/CCCCCCCCCC(=O)OC(CCCCCCCCCCCCCC)CC(=O)NC(CO)C(O)CCCCCCCCCCCCCCCC. The first kappa shape index (κ1) is 58.1. The van der Waals surface area contributed by atoms with Crippen LogP contribution in [0.2, 0.25) is 0 Å². The van der Waals surface area contributed by atoms with Gasteiger partial charge in [-0.25, -0.2) is 0 Å². The fourth-order valence-electron chi connectivity index (χ4n) is 8.08. The van der Waals surface area contributed by atoms with Gasteiger partial charge in [-0.05, 0) is 44.9 Å². The van der Waals surface area contributed by atoms with Crippen LogP contribution in [0, 0.1) is 0 Å². The molecule has 3 unspecified atom stereocenters. The van der Waals surface area contributed by atoms with Gasteiger partial charge in [-0.15, -0.1) is 0 Å². The average Bonchev–Trinajstić information content (AvgIpc) is 3.24. The maximum atomic E-state index is 13.2. The predicted molar refractivity (Wildman–Crippen MR) is 259 cm³/mol. The molecule has 3 atom stereocenters. The number of unbranched alkanes of at least 4 members (excludes halogenated alkanes) is 31. The van der Waals surface area contributed by atoms with E-state index in [2.05, 4.69) is 62.5 Å². The number of aliphatic hydroxyl groups is 2. The Kier molecular flexibility index (Phi) is 46.6. The first-order valence-electron chi connectivity index (χ1n) is 26.2. The maximum absolute atomic E-state index is 13.2. The van der Waals surface area contributed by atoms with Crippen molar-refractivity contribution in [1.82, 2.24) is 5.32 Å². The highest BCUT2D eigenvalue weighted by molar-refractivity contribution is 5.77. The van der Waals surface area contributed by atoms with E-state index in [1.807, 2.05) is 0 Å². The summed E-state index contributed by atoms with van der Waals surface area (Å²) in [5.74, 6) is -0.476. The molecular weight excluding hydrogens is 743 g/mol. The molecule has 0 aliphatic carbocycles. The number of amides is 1. The number of aliphatic hydroxyl groups excluding tert-OH is 2. The van der Waals surface area contributed by atoms with Crippen molar-refractivity contribution in [3.8, 4) is 0 Å². The highest BCUT2D eigenvalue weighted by Crippen LogP contribution is 2.18. The number of carbonyl (C=O) groups is 2. The minimum atomic E-state index is -0.786. The number of hydrogen-bond donors (Lipinski definition) is 3. The Bertz CT molecular complexity index is 993. The summed E-state index contributed by atoms with van der Waals surface area (Å²) in [4.78, 5) is 26.1. The molecule has 0 fully saturated rings. The molecule has 0 aliphatic rings. The Labute approximate surface area is 373 Å². The number of rotatable bonds is 47. The molecule has 60 heavy (non-hydrogen) atoms. The van der Waals surface area contributed by atoms with Gasteiger partial charge in [0.05, 0.1) is 25.2 Å². The average molecular weight is 844 g/mol. The molecule has 1 amide bonds. The summed E-state index contributed by atoms with van der Waals surface area (Å²) in [6.45, 7) is 6.37. The predicted octanol–water partition coefficient (Wildman–Crippen LogP) is 15.7. The monoisotopic (exact) mass is 844 g/mol. The summed E-state index contributed by atoms with van der Waals surface area (Å²) in [5.41, 5.74) is 0. The van der Waals surface area contributed by atoms with Gasteiger partial charge in [0.25, 0.3) is 0 Å². The van der Waals surface area contributed by atoms with Crippen molar-refractivity contribution in [3.05, 3.63) is 36.5 Å². The van der Waals surface area contributed by atoms with Gasteiger partial charge in [-0.2, -0.15) is 0 Å². The van der Waals surface area contributed by atoms with E-state index in [-0.39, 0.29) is 24.9 Å². The topological polar surface area (TPSA) is 95.9 Å². The molecule has 0 heterocycles. The molecule has 0 saturated heterocycles. The lowest BCUT2D eigenvalue weighted by molar-refractivity contribution is -0.151. The number of carbonyl (C=O) groups excluding carboxylic acids is 2. The first-order valence-corrected chi connectivity index (χ1v) is 26.2. The van der Waals surface area contributed by atoms with Gasteiger partial charge in [0.15, 0.2) is 0 Å². The second kappa shape index (κ2) is 48.1. The molecule has 0 aliphatic heterocycles. The summed E-state index contributed by atoms with van der Waals surface area (Å²) in [6, 6.07) is -0.700. The van der Waals surface area contributed by atoms with Crippen LogP contribution in [0.15, 0.2) is 36.5 Å². The summed E-state index contributed by atoms with van der Waals surface area (Å²) in [7, 11) is 0. The van der Waals surface area contributed by atoms with Crippen LogP contribution in [0.1, 0.15) is 271 Å². The van der Waals surface area contributed by atoms with Crippen LogP contribution in [0.3, 0.4) is 0 Å². The quantitative estimate of drug-likeness (QED) is 0.0322. The molecular formula is C54H101NO5. The van der Waals surface area contributed by atoms with Crippen LogP contribution < -0.4 is 5.32 Å². The van der Waals surface area contributed by atoms with Gasteiger partial charge >= 0.3 is 5.97 Å². The third-order valence-electron chi connectivity index (χ3n) is 12.0. The van der Waals surface area contributed by atoms with Crippen molar-refractivity contribution < 1.29 is 24.5 Å². The zero-order chi connectivity index (χ0) is 43.8. The van der Waals surface area contributed by atoms with E-state index in [9.17, 15) is 19.8 Å². The van der Waals surface area contributed by atoms with Crippen molar-refractivity contribution in [1.29, 1.82) is 0 Å². The maximum Gasteiger partial charge on any atom is 0.306 e. The van der Waals surface area contributed by atoms with Crippen molar-refractivity contribution in [2.45, 2.75) is 289 Å². The normalized spacial score (nSPS) is 13.5. The summed E-state index contributed by atoms with van der Waals surface area (Å²) in [6.07, 6.45) is 56.3. The van der Waals surface area contributed by atoms with Gasteiger partial charge in [0.1, 0.15) is 6.10 Å². The number of hydrogen-bond acceptors (Lipinski definition) is 5. The van der Waals surface area contributed by atoms with E-state index in [1.54, 1.807) is 0 Å². The molecule has 0 radical (unpaired) electrons. The minimum Gasteiger partial charge on any atom is -0.462 e. The lowest BCUT2D eigenvalue weighted by atomic mass is 10.0. The van der Waals surface area contributed by atoms with Crippen LogP contribution in [0.5, 0.6) is 0 Å². The van der Waals surface area contributed by atoms with Crippen LogP contribution in [-0.2, 0) is 14.3 Å². The third kappa shape index (κ3) is 42.8. The smallest absolute Gasteiger partial charge is 0.306 e. The van der Waals surface area contributed by atoms with E-state index in [0.717, 1.165) is 57.8 Å². The standard InChI is InChI=1S/C54H101NO5/c1-4-7-10-13-16-19-22-25-27-29-32-35-38-41-44-47-54(59)60-50(45-42-39-36-33-30-24-21-18-15-12-9-6-3)48-53(58)55-51(49-56)52(57)46-43-40-37-34-31-28-26-23-20-17-14-11-8-5-2/h7,10,13,16,19,22,50-52,56-57H,4-6,8-9,11-12,14-15,17-18,20-21,23-49H2,1-3H3,(H,55,58)/b10-7+,16-13+,22-19+. The van der Waals surface area contributed by atoms with Gasteiger partial charge in [-0.1, -0.05) is 250 Å². The van der Waals surface area contributed by atoms with Crippen molar-refractivity contribution in [3.63, 3.8) is 0 Å². The summed E-state index contributed by atoms with van der Waals surface area (Å²) >= 11 is 0. The third-order valence-corrected chi connectivity index (χ3v) is 12.0. The summed E-state index contributed by atoms with van der Waals surface area (Å²) < 4.78 is 5.93. The van der Waals surface area contributed by atoms with Crippen molar-refractivity contribution in [2.24, 2.45) is 0 Å². The Morgan fingerprint density at radius 2 is 0.900 bits per heavy atom. The number of ether oxygens (including phenoxy) is 1. The van der Waals surface area contributed by atoms with E-state index < -0.39 is 18.2 Å². The number of nitrogens with one attached hydrogen (secondary N) is 1. The highest BCUT2D eigenvalue weighted by atomic mass is 16.5. The lowest BCUT2D eigenvalue weighted by Gasteiger charge is -2.24. The fourth-order valence-corrected chi connectivity index (χ4v) is 8.08. The van der Waals surface area contributed by atoms with Crippen molar-refractivity contribution >= 4 is 11.9 Å². The zero-order valence-electron chi connectivity index (χ0n) is 40.1. The molecule has 6 nitrogen and oxygen atoms in total. The van der Waals surface area contributed by atoms with Gasteiger partial charge < -0.3 is 20.3 Å². The van der Waals surface area contributed by atoms with Gasteiger partial charge in [0.2, 0.25) is 5.91 Å². The number of esters is 1. The fraction of sp³-hybridized carbons (Fsp3) is 0.852. The van der Waals surface area contributed by atoms with Crippen LogP contribution >= 0.6 is 0 Å². The molecule has 352 valence electrons. The Morgan fingerprint density at radius 3 is 1.35 bits per heavy atom. The molecule has 0 aromatic carbocycles. The number of allylic oxidation sites excluding steroid dienone is 6. The molecule has 0 rings (SSSR count). The second-order valence-electron chi connectivity index (χ2n) is 18.0. The minimum absolute atomic E-state index is 0.0766. The lowest BCUT2D eigenvalue weighted by Crippen LogP contribution is -2.46. The molecule has 0 aromatic rings. The van der Waals surface area contributed by atoms with E-state index in [1.165, 1.54) is 167 Å². The highest BCUT2D eigenvalue weighted by Gasteiger charge is 2.24. The molecule has 3 N–H and O–H groups in total.